The lowest BCUT2D eigenvalue weighted by Gasteiger charge is -2.04. The fourth-order valence-electron chi connectivity index (χ4n) is 2.82. The van der Waals surface area contributed by atoms with E-state index in [0.29, 0.717) is 17.3 Å². The van der Waals surface area contributed by atoms with E-state index >= 15 is 0 Å². The van der Waals surface area contributed by atoms with E-state index in [2.05, 4.69) is 20.3 Å². The molecule has 4 rings (SSSR count). The van der Waals surface area contributed by atoms with Gasteiger partial charge < -0.3 is 4.74 Å². The van der Waals surface area contributed by atoms with Crippen molar-refractivity contribution in [3.8, 4) is 17.0 Å². The Bertz CT molecular complexity index is 1140. The van der Waals surface area contributed by atoms with E-state index in [1.54, 1.807) is 0 Å². The molecular weight excluding hydrogens is 372 g/mol. The molecule has 0 aliphatic carbocycles. The predicted octanol–water partition coefficient (Wildman–Crippen LogP) is 4.71. The Morgan fingerprint density at radius 2 is 1.82 bits per heavy atom. The molecule has 1 amide bonds. The lowest BCUT2D eigenvalue weighted by molar-refractivity contribution is 0.102. The summed E-state index contributed by atoms with van der Waals surface area (Å²) in [5.74, 6) is 0.493. The largest absolute Gasteiger partial charge is 0.494 e. The van der Waals surface area contributed by atoms with Gasteiger partial charge in [-0.2, -0.15) is 0 Å². The molecule has 4 aromatic rings. The normalized spacial score (nSPS) is 10.8. The number of aromatic nitrogens is 3. The number of amides is 1. The monoisotopic (exact) mass is 390 g/mol. The smallest absolute Gasteiger partial charge is 0.277 e. The minimum absolute atomic E-state index is 0.258. The standard InChI is InChI=1S/C21H18N4O2S/c1-3-27-15-10-8-14(9-11-15)19-13(2)28-21(24-19)25-20(26)18-12-22-16-6-4-5-7-17(16)23-18/h4-12H,3H2,1-2H3,(H,24,25,26). The molecule has 2 heterocycles. The van der Waals surface area contributed by atoms with Crippen molar-refractivity contribution in [2.45, 2.75) is 13.8 Å². The molecule has 6 nitrogen and oxygen atoms in total. The van der Waals surface area contributed by atoms with E-state index < -0.39 is 0 Å². The number of aryl methyl sites for hydroxylation is 1. The van der Waals surface area contributed by atoms with Gasteiger partial charge in [-0.1, -0.05) is 12.1 Å². The zero-order chi connectivity index (χ0) is 19.5. The summed E-state index contributed by atoms with van der Waals surface area (Å²) in [6, 6.07) is 15.2. The van der Waals surface area contributed by atoms with Crippen molar-refractivity contribution in [2.75, 3.05) is 11.9 Å². The lowest BCUT2D eigenvalue weighted by atomic mass is 10.1. The van der Waals surface area contributed by atoms with Crippen molar-refractivity contribution in [3.63, 3.8) is 0 Å². The Labute approximate surface area is 166 Å². The maximum atomic E-state index is 12.6. The number of carbonyl (C=O) groups is 1. The molecule has 0 unspecified atom stereocenters. The van der Waals surface area contributed by atoms with Crippen LogP contribution < -0.4 is 10.1 Å². The Morgan fingerprint density at radius 3 is 2.57 bits per heavy atom. The molecule has 0 aliphatic heterocycles. The van der Waals surface area contributed by atoms with Crippen LogP contribution >= 0.6 is 11.3 Å². The van der Waals surface area contributed by atoms with Crippen molar-refractivity contribution in [1.82, 2.24) is 15.0 Å². The molecule has 0 bridgehead atoms. The van der Waals surface area contributed by atoms with E-state index in [0.717, 1.165) is 27.4 Å². The molecule has 0 saturated heterocycles. The molecule has 0 fully saturated rings. The van der Waals surface area contributed by atoms with E-state index in [-0.39, 0.29) is 11.6 Å². The highest BCUT2D eigenvalue weighted by Gasteiger charge is 2.15. The third-order valence-electron chi connectivity index (χ3n) is 4.14. The summed E-state index contributed by atoms with van der Waals surface area (Å²) < 4.78 is 5.48. The average Bonchev–Trinajstić information content (AvgIpc) is 3.08. The van der Waals surface area contributed by atoms with Crippen molar-refractivity contribution < 1.29 is 9.53 Å². The fraction of sp³-hybridized carbons (Fsp3) is 0.143. The summed E-state index contributed by atoms with van der Waals surface area (Å²) in [4.78, 5) is 26.8. The molecule has 0 atom stereocenters. The zero-order valence-electron chi connectivity index (χ0n) is 15.5. The van der Waals surface area contributed by atoms with Crippen LogP contribution in [0, 0.1) is 6.92 Å². The number of nitrogens with zero attached hydrogens (tertiary/aromatic N) is 3. The third-order valence-corrected chi connectivity index (χ3v) is 5.02. The van der Waals surface area contributed by atoms with Gasteiger partial charge in [-0.15, -0.1) is 11.3 Å². The number of benzene rings is 2. The second kappa shape index (κ2) is 7.74. The predicted molar refractivity (Wildman–Crippen MR) is 111 cm³/mol. The first kappa shape index (κ1) is 18.1. The van der Waals surface area contributed by atoms with Gasteiger partial charge in [0, 0.05) is 10.4 Å². The van der Waals surface area contributed by atoms with Crippen molar-refractivity contribution in [3.05, 3.63) is 65.3 Å². The molecule has 1 N–H and O–H groups in total. The second-order valence-corrected chi connectivity index (χ2v) is 7.28. The summed E-state index contributed by atoms with van der Waals surface area (Å²) in [5, 5.41) is 3.36. The molecule has 0 spiro atoms. The minimum atomic E-state index is -0.328. The number of hydrogen-bond acceptors (Lipinski definition) is 6. The summed E-state index contributed by atoms with van der Waals surface area (Å²) in [7, 11) is 0. The number of carbonyl (C=O) groups excluding carboxylic acids is 1. The number of anilines is 1. The van der Waals surface area contributed by atoms with E-state index in [1.165, 1.54) is 17.5 Å². The fourth-order valence-corrected chi connectivity index (χ4v) is 3.65. The molecule has 0 aliphatic rings. The van der Waals surface area contributed by atoms with Gasteiger partial charge in [-0.3, -0.25) is 15.1 Å². The SMILES string of the molecule is CCOc1ccc(-c2nc(NC(=O)c3cnc4ccccc4n3)sc2C)cc1. The quantitative estimate of drug-likeness (QED) is 0.534. The van der Waals surface area contributed by atoms with Crippen LogP contribution in [0.2, 0.25) is 0 Å². The lowest BCUT2D eigenvalue weighted by Crippen LogP contribution is -2.14. The summed E-state index contributed by atoms with van der Waals surface area (Å²) in [5.41, 5.74) is 3.51. The first-order chi connectivity index (χ1) is 13.6. The van der Waals surface area contributed by atoms with E-state index in [9.17, 15) is 4.79 Å². The van der Waals surface area contributed by atoms with Crippen LogP contribution in [0.5, 0.6) is 5.75 Å². The van der Waals surface area contributed by atoms with Crippen molar-refractivity contribution in [1.29, 1.82) is 0 Å². The molecule has 2 aromatic carbocycles. The maximum absolute atomic E-state index is 12.6. The molecule has 28 heavy (non-hydrogen) atoms. The first-order valence-corrected chi connectivity index (χ1v) is 9.69. The van der Waals surface area contributed by atoms with E-state index in [4.69, 9.17) is 4.74 Å². The highest BCUT2D eigenvalue weighted by Crippen LogP contribution is 2.31. The van der Waals surface area contributed by atoms with Gasteiger partial charge in [-0.05, 0) is 50.2 Å². The summed E-state index contributed by atoms with van der Waals surface area (Å²) in [6.45, 7) is 4.56. The number of nitrogens with one attached hydrogen (secondary N) is 1. The van der Waals surface area contributed by atoms with Gasteiger partial charge in [0.15, 0.2) is 5.13 Å². The third kappa shape index (κ3) is 3.70. The van der Waals surface area contributed by atoms with Crippen LogP contribution in [0.3, 0.4) is 0 Å². The van der Waals surface area contributed by atoms with Crippen LogP contribution in [0.15, 0.2) is 54.7 Å². The molecule has 7 heteroatoms. The number of hydrogen-bond donors (Lipinski definition) is 1. The number of para-hydroxylation sites is 2. The number of ether oxygens (including phenoxy) is 1. The van der Waals surface area contributed by atoms with Gasteiger partial charge in [0.2, 0.25) is 0 Å². The van der Waals surface area contributed by atoms with Crippen LogP contribution in [0.25, 0.3) is 22.3 Å². The second-order valence-electron chi connectivity index (χ2n) is 6.08. The van der Waals surface area contributed by atoms with Gasteiger partial charge in [0.1, 0.15) is 11.4 Å². The van der Waals surface area contributed by atoms with Gasteiger partial charge in [0.05, 0.1) is 29.5 Å². The van der Waals surface area contributed by atoms with Gasteiger partial charge in [-0.25, -0.2) is 9.97 Å². The first-order valence-electron chi connectivity index (χ1n) is 8.88. The Hall–Kier alpha value is -3.32. The molecule has 0 saturated carbocycles. The highest BCUT2D eigenvalue weighted by molar-refractivity contribution is 7.16. The van der Waals surface area contributed by atoms with Crippen LogP contribution in [0.1, 0.15) is 22.3 Å². The Kier molecular flexibility index (Phi) is 4.99. The zero-order valence-corrected chi connectivity index (χ0v) is 16.3. The molecule has 0 radical (unpaired) electrons. The topological polar surface area (TPSA) is 77.0 Å². The van der Waals surface area contributed by atoms with Crippen molar-refractivity contribution in [2.24, 2.45) is 0 Å². The summed E-state index contributed by atoms with van der Waals surface area (Å²) >= 11 is 1.43. The summed E-state index contributed by atoms with van der Waals surface area (Å²) in [6.07, 6.45) is 1.48. The number of rotatable bonds is 5. The molecule has 2 aromatic heterocycles. The van der Waals surface area contributed by atoms with Gasteiger partial charge >= 0.3 is 0 Å². The molecule has 140 valence electrons. The highest BCUT2D eigenvalue weighted by atomic mass is 32.1. The Balaban J connectivity index is 1.55. The average molecular weight is 390 g/mol. The van der Waals surface area contributed by atoms with Crippen LogP contribution in [-0.2, 0) is 0 Å². The minimum Gasteiger partial charge on any atom is -0.494 e. The van der Waals surface area contributed by atoms with Crippen molar-refractivity contribution >= 4 is 33.4 Å². The number of thiazole rings is 1. The van der Waals surface area contributed by atoms with E-state index in [1.807, 2.05) is 62.4 Å². The van der Waals surface area contributed by atoms with Crippen LogP contribution in [0.4, 0.5) is 5.13 Å². The molecular formula is C21H18N4O2S. The van der Waals surface area contributed by atoms with Crippen LogP contribution in [-0.4, -0.2) is 27.5 Å². The Morgan fingerprint density at radius 1 is 1.07 bits per heavy atom. The maximum Gasteiger partial charge on any atom is 0.277 e. The number of fused-ring (bicyclic) bond motifs is 1. The van der Waals surface area contributed by atoms with Gasteiger partial charge in [0.25, 0.3) is 5.91 Å².